The first kappa shape index (κ1) is 39.5. The first-order valence-electron chi connectivity index (χ1n) is 18.8. The van der Waals surface area contributed by atoms with Gasteiger partial charge in [-0.05, 0) is 48.1 Å². The molecular formula is C46H49NO8. The van der Waals surface area contributed by atoms with E-state index in [1.807, 2.05) is 159 Å². The zero-order valence-electron chi connectivity index (χ0n) is 31.3. The molecule has 9 heteroatoms. The lowest BCUT2D eigenvalue weighted by Crippen LogP contribution is -2.63. The summed E-state index contributed by atoms with van der Waals surface area (Å²) in [6.07, 6.45) is -5.62. The van der Waals surface area contributed by atoms with Crippen LogP contribution < -0.4 is 5.32 Å². The molecule has 1 amide bonds. The Morgan fingerprint density at radius 2 is 0.909 bits per heavy atom. The van der Waals surface area contributed by atoms with Crippen molar-refractivity contribution in [1.82, 2.24) is 5.32 Å². The maximum Gasteiger partial charge on any atom is 0.339 e. The molecule has 1 aliphatic rings. The molecule has 1 heterocycles. The van der Waals surface area contributed by atoms with Crippen LogP contribution in [0.5, 0.6) is 0 Å². The van der Waals surface area contributed by atoms with Crippen LogP contribution in [-0.4, -0.2) is 54.7 Å². The SMILES string of the molecule is C[C@@H](Cc1ccccc1)NC(=O)[C@@H](C)OC(=O)[C@H]1O[C@@H](OCc2ccccc2)[C@H](OCc2ccccc2)[C@@H](OCc2ccccc2)[C@@H]1OCc1ccccc1. The molecular weight excluding hydrogens is 695 g/mol. The van der Waals surface area contributed by atoms with Crippen molar-refractivity contribution in [3.8, 4) is 0 Å². The molecule has 55 heavy (non-hydrogen) atoms. The number of hydrogen-bond acceptors (Lipinski definition) is 8. The van der Waals surface area contributed by atoms with Crippen LogP contribution in [0.4, 0.5) is 0 Å². The molecule has 286 valence electrons. The van der Waals surface area contributed by atoms with E-state index in [-0.39, 0.29) is 32.5 Å². The normalized spacial score (nSPS) is 20.6. The Balaban J connectivity index is 1.28. The molecule has 1 fully saturated rings. The minimum atomic E-state index is -1.33. The van der Waals surface area contributed by atoms with Crippen LogP contribution in [0.2, 0.25) is 0 Å². The first-order valence-corrected chi connectivity index (χ1v) is 18.8. The van der Waals surface area contributed by atoms with Gasteiger partial charge in [0.05, 0.1) is 26.4 Å². The predicted octanol–water partition coefficient (Wildman–Crippen LogP) is 7.36. The summed E-state index contributed by atoms with van der Waals surface area (Å²) < 4.78 is 38.7. The molecule has 0 aromatic heterocycles. The standard InChI is InChI=1S/C46H49NO8/c1-33(28-35-18-8-3-9-19-35)47-44(48)34(2)54-45(49)42-40(50-29-36-20-10-4-11-21-36)41(51-30-37-22-12-5-13-23-37)43(52-31-38-24-14-6-15-25-38)46(55-42)53-32-39-26-16-7-17-27-39/h3-27,33-34,40-43,46H,28-32H2,1-2H3,(H,47,48)/t33-,34+,40-,41-,42-,43+,46+/m0/s1. The van der Waals surface area contributed by atoms with Gasteiger partial charge in [-0.25, -0.2) is 4.79 Å². The molecule has 0 bridgehead atoms. The smallest absolute Gasteiger partial charge is 0.339 e. The number of amides is 1. The fourth-order valence-electron chi connectivity index (χ4n) is 6.41. The van der Waals surface area contributed by atoms with Gasteiger partial charge in [0.2, 0.25) is 0 Å². The quantitative estimate of drug-likeness (QED) is 0.0930. The van der Waals surface area contributed by atoms with Gasteiger partial charge in [0.25, 0.3) is 5.91 Å². The van der Waals surface area contributed by atoms with E-state index in [1.54, 1.807) is 6.92 Å². The van der Waals surface area contributed by atoms with Crippen LogP contribution in [-0.2, 0) is 70.9 Å². The second-order valence-corrected chi connectivity index (χ2v) is 13.7. The summed E-state index contributed by atoms with van der Waals surface area (Å²) in [5, 5.41) is 2.97. The lowest BCUT2D eigenvalue weighted by molar-refractivity contribution is -0.323. The van der Waals surface area contributed by atoms with Crippen LogP contribution >= 0.6 is 0 Å². The Morgan fingerprint density at radius 3 is 1.36 bits per heavy atom. The summed E-state index contributed by atoms with van der Waals surface area (Å²) >= 11 is 0. The number of rotatable bonds is 18. The Kier molecular flexibility index (Phi) is 14.7. The number of hydrogen-bond donors (Lipinski definition) is 1. The van der Waals surface area contributed by atoms with Crippen LogP contribution in [0.1, 0.15) is 41.7 Å². The predicted molar refractivity (Wildman–Crippen MR) is 208 cm³/mol. The maximum atomic E-state index is 14.3. The van der Waals surface area contributed by atoms with Gasteiger partial charge in [-0.1, -0.05) is 152 Å². The van der Waals surface area contributed by atoms with E-state index < -0.39 is 48.7 Å². The molecule has 0 radical (unpaired) electrons. The largest absolute Gasteiger partial charge is 0.451 e. The van der Waals surface area contributed by atoms with E-state index in [9.17, 15) is 9.59 Å². The van der Waals surface area contributed by atoms with E-state index in [1.165, 1.54) is 0 Å². The minimum Gasteiger partial charge on any atom is -0.451 e. The van der Waals surface area contributed by atoms with Gasteiger partial charge >= 0.3 is 5.97 Å². The van der Waals surface area contributed by atoms with Crippen molar-refractivity contribution in [2.45, 2.75) is 89.5 Å². The van der Waals surface area contributed by atoms with Gasteiger partial charge in [-0.2, -0.15) is 0 Å². The maximum absolute atomic E-state index is 14.3. The van der Waals surface area contributed by atoms with Crippen LogP contribution in [0.25, 0.3) is 0 Å². The Morgan fingerprint density at radius 1 is 0.527 bits per heavy atom. The Labute approximate surface area is 323 Å². The summed E-state index contributed by atoms with van der Waals surface area (Å²) in [6, 6.07) is 48.5. The molecule has 1 aliphatic heterocycles. The fourth-order valence-corrected chi connectivity index (χ4v) is 6.41. The lowest BCUT2D eigenvalue weighted by Gasteiger charge is -2.45. The molecule has 0 unspecified atom stereocenters. The third-order valence-electron chi connectivity index (χ3n) is 9.28. The summed E-state index contributed by atoms with van der Waals surface area (Å²) in [6.45, 7) is 4.21. The monoisotopic (exact) mass is 743 g/mol. The number of ether oxygens (including phenoxy) is 6. The number of nitrogens with one attached hydrogen (secondary N) is 1. The number of carbonyl (C=O) groups excluding carboxylic acids is 2. The second-order valence-electron chi connectivity index (χ2n) is 13.7. The molecule has 0 saturated carbocycles. The van der Waals surface area contributed by atoms with Gasteiger partial charge < -0.3 is 33.7 Å². The summed E-state index contributed by atoms with van der Waals surface area (Å²) in [4.78, 5) is 27.6. The third-order valence-corrected chi connectivity index (χ3v) is 9.28. The zero-order chi connectivity index (χ0) is 38.2. The number of benzene rings is 5. The highest BCUT2D eigenvalue weighted by Crippen LogP contribution is 2.32. The van der Waals surface area contributed by atoms with E-state index in [0.29, 0.717) is 6.42 Å². The van der Waals surface area contributed by atoms with Gasteiger partial charge in [0, 0.05) is 6.04 Å². The molecule has 0 aliphatic carbocycles. The van der Waals surface area contributed by atoms with Gasteiger partial charge in [-0.3, -0.25) is 4.79 Å². The van der Waals surface area contributed by atoms with Crippen molar-refractivity contribution in [1.29, 1.82) is 0 Å². The van der Waals surface area contributed by atoms with Crippen molar-refractivity contribution in [3.63, 3.8) is 0 Å². The van der Waals surface area contributed by atoms with E-state index >= 15 is 0 Å². The van der Waals surface area contributed by atoms with E-state index in [4.69, 9.17) is 28.4 Å². The fraction of sp³-hybridized carbons (Fsp3) is 0.304. The summed E-state index contributed by atoms with van der Waals surface area (Å²) in [5.74, 6) is -1.20. The van der Waals surface area contributed by atoms with Crippen LogP contribution in [0.3, 0.4) is 0 Å². The van der Waals surface area contributed by atoms with Crippen LogP contribution in [0, 0.1) is 0 Å². The highest BCUT2D eigenvalue weighted by atomic mass is 16.7. The highest BCUT2D eigenvalue weighted by molar-refractivity contribution is 5.85. The topological polar surface area (TPSA) is 102 Å². The average molecular weight is 744 g/mol. The van der Waals surface area contributed by atoms with Crippen molar-refractivity contribution in [2.75, 3.05) is 0 Å². The van der Waals surface area contributed by atoms with Gasteiger partial charge in [-0.15, -0.1) is 0 Å². The second kappa shape index (κ2) is 20.5. The van der Waals surface area contributed by atoms with Crippen molar-refractivity contribution < 1.29 is 38.0 Å². The van der Waals surface area contributed by atoms with E-state index in [2.05, 4.69) is 5.32 Å². The van der Waals surface area contributed by atoms with Crippen molar-refractivity contribution in [2.24, 2.45) is 0 Å². The molecule has 1 saturated heterocycles. The summed E-state index contributed by atoms with van der Waals surface area (Å²) in [5.41, 5.74) is 4.75. The molecule has 9 nitrogen and oxygen atoms in total. The Hall–Kier alpha value is -5.16. The highest BCUT2D eigenvalue weighted by Gasteiger charge is 2.52. The van der Waals surface area contributed by atoms with Crippen molar-refractivity contribution >= 4 is 11.9 Å². The minimum absolute atomic E-state index is 0.151. The van der Waals surface area contributed by atoms with Gasteiger partial charge in [0.1, 0.15) is 18.3 Å². The lowest BCUT2D eigenvalue weighted by atomic mass is 9.97. The van der Waals surface area contributed by atoms with Crippen molar-refractivity contribution in [3.05, 3.63) is 179 Å². The Bertz CT molecular complexity index is 1860. The number of esters is 1. The molecule has 7 atom stereocenters. The molecule has 0 spiro atoms. The molecule has 1 N–H and O–H groups in total. The number of carbonyl (C=O) groups is 2. The third kappa shape index (κ3) is 11.9. The average Bonchev–Trinajstić information content (AvgIpc) is 3.22. The van der Waals surface area contributed by atoms with E-state index in [0.717, 1.165) is 27.8 Å². The molecule has 5 aromatic carbocycles. The zero-order valence-corrected chi connectivity index (χ0v) is 31.3. The molecule has 5 aromatic rings. The first-order chi connectivity index (χ1) is 26.9. The van der Waals surface area contributed by atoms with Gasteiger partial charge in [0.15, 0.2) is 18.5 Å². The van der Waals surface area contributed by atoms with Crippen LogP contribution in [0.15, 0.2) is 152 Å². The summed E-state index contributed by atoms with van der Waals surface area (Å²) in [7, 11) is 0. The molecule has 6 rings (SSSR count).